The van der Waals surface area contributed by atoms with Crippen molar-refractivity contribution < 1.29 is 18.3 Å². The lowest BCUT2D eigenvalue weighted by Crippen LogP contribution is -2.39. The first-order valence-corrected chi connectivity index (χ1v) is 14.0. The molecule has 7 nitrogen and oxygen atoms in total. The van der Waals surface area contributed by atoms with Crippen molar-refractivity contribution in [1.29, 1.82) is 0 Å². The third kappa shape index (κ3) is 7.26. The number of hydrogen-bond acceptors (Lipinski definition) is 5. The minimum Gasteiger partial charge on any atom is -0.392 e. The van der Waals surface area contributed by atoms with Gasteiger partial charge in [0.2, 0.25) is 15.9 Å². The Hall–Kier alpha value is -3.04. The number of aliphatic hydroxyl groups is 1. The second-order valence-corrected chi connectivity index (χ2v) is 11.5. The number of sulfonamides is 1. The molecule has 0 saturated carbocycles. The first kappa shape index (κ1) is 27.0. The Morgan fingerprint density at radius 2 is 1.68 bits per heavy atom. The molecule has 0 spiro atoms. The molecule has 2 atom stereocenters. The largest absolute Gasteiger partial charge is 0.392 e. The van der Waals surface area contributed by atoms with Crippen molar-refractivity contribution in [2.45, 2.75) is 43.4 Å². The quantitative estimate of drug-likeness (QED) is 0.427. The summed E-state index contributed by atoms with van der Waals surface area (Å²) in [6.07, 6.45) is 0.696. The molecule has 1 amide bonds. The molecule has 1 aliphatic rings. The molecule has 1 fully saturated rings. The molecule has 1 saturated heterocycles. The predicted molar refractivity (Wildman–Crippen MR) is 144 cm³/mol. The molecule has 3 aromatic carbocycles. The number of carbonyl (C=O) groups is 1. The van der Waals surface area contributed by atoms with Gasteiger partial charge in [-0.25, -0.2) is 13.1 Å². The van der Waals surface area contributed by atoms with E-state index in [2.05, 4.69) is 9.62 Å². The van der Waals surface area contributed by atoms with Crippen molar-refractivity contribution in [2.24, 2.45) is 0 Å². The smallest absolute Gasteiger partial charge is 0.240 e. The number of amides is 1. The Balaban J connectivity index is 1.37. The van der Waals surface area contributed by atoms with Crippen LogP contribution in [0.2, 0.25) is 0 Å². The van der Waals surface area contributed by atoms with Crippen LogP contribution in [-0.2, 0) is 27.8 Å². The number of carbonyl (C=O) groups excluding carboxylic acids is 1. The van der Waals surface area contributed by atoms with Gasteiger partial charge in [-0.3, -0.25) is 9.69 Å². The molecule has 1 aliphatic heterocycles. The van der Waals surface area contributed by atoms with Crippen molar-refractivity contribution in [3.8, 4) is 0 Å². The molecular weight excluding hydrogens is 486 g/mol. The van der Waals surface area contributed by atoms with Crippen LogP contribution in [0.15, 0.2) is 83.8 Å². The molecule has 8 heteroatoms. The Labute approximate surface area is 219 Å². The van der Waals surface area contributed by atoms with Crippen LogP contribution in [0.3, 0.4) is 0 Å². The average molecular weight is 522 g/mol. The summed E-state index contributed by atoms with van der Waals surface area (Å²) in [5.41, 5.74) is 3.75. The second-order valence-electron chi connectivity index (χ2n) is 9.76. The van der Waals surface area contributed by atoms with Gasteiger partial charge in [-0.05, 0) is 42.2 Å². The van der Waals surface area contributed by atoms with Gasteiger partial charge in [0.1, 0.15) is 0 Å². The maximum atomic E-state index is 13.3. The number of hydrogen-bond donors (Lipinski definition) is 2. The first-order chi connectivity index (χ1) is 17.7. The summed E-state index contributed by atoms with van der Waals surface area (Å²) in [5, 5.41) is 9.94. The minimum absolute atomic E-state index is 0.00132. The number of β-amino-alcohol motifs (C(OH)–C–C–N with tert-alkyl or cyclic N) is 1. The molecule has 0 unspecified atom stereocenters. The summed E-state index contributed by atoms with van der Waals surface area (Å²) in [6, 6.07) is 24.0. The van der Waals surface area contributed by atoms with Gasteiger partial charge in [0, 0.05) is 33.2 Å². The topological polar surface area (TPSA) is 90.0 Å². The van der Waals surface area contributed by atoms with Crippen molar-refractivity contribution in [1.82, 2.24) is 14.5 Å². The summed E-state index contributed by atoms with van der Waals surface area (Å²) < 4.78 is 27.7. The van der Waals surface area contributed by atoms with E-state index in [0.29, 0.717) is 13.1 Å². The van der Waals surface area contributed by atoms with Crippen LogP contribution in [-0.4, -0.2) is 62.0 Å². The zero-order valence-corrected chi connectivity index (χ0v) is 22.2. The van der Waals surface area contributed by atoms with E-state index < -0.39 is 10.0 Å². The van der Waals surface area contributed by atoms with Crippen LogP contribution in [0, 0.1) is 6.92 Å². The molecule has 0 radical (unpaired) electrons. The molecule has 0 bridgehead atoms. The number of aryl methyl sites for hydroxylation is 1. The SMILES string of the molecule is Cc1ccc(S(=O)(=O)NCc2ccc(CC(=O)N(C)[C@H](CN3CC[C@H](O)C3)c3ccccc3)cc2)cc1. The number of nitrogens with zero attached hydrogens (tertiary/aromatic N) is 2. The first-order valence-electron chi connectivity index (χ1n) is 12.6. The van der Waals surface area contributed by atoms with Crippen molar-refractivity contribution in [3.05, 3.63) is 101 Å². The zero-order chi connectivity index (χ0) is 26.4. The monoisotopic (exact) mass is 521 g/mol. The van der Waals surface area contributed by atoms with Crippen LogP contribution in [0.1, 0.15) is 34.7 Å². The van der Waals surface area contributed by atoms with Crippen LogP contribution in [0.4, 0.5) is 0 Å². The fraction of sp³-hybridized carbons (Fsp3) is 0.345. The number of likely N-dealkylation sites (tertiary alicyclic amines) is 1. The summed E-state index contributed by atoms with van der Waals surface area (Å²) in [7, 11) is -1.76. The van der Waals surface area contributed by atoms with Crippen LogP contribution in [0.25, 0.3) is 0 Å². The highest BCUT2D eigenvalue weighted by Crippen LogP contribution is 2.24. The van der Waals surface area contributed by atoms with E-state index in [1.54, 1.807) is 29.2 Å². The Morgan fingerprint density at radius 1 is 1.03 bits per heavy atom. The standard InChI is InChI=1S/C29H35N3O4S/c1-22-8-14-27(15-9-22)37(35,36)30-19-24-12-10-23(11-13-24)18-29(34)31(2)28(25-6-4-3-5-7-25)21-32-17-16-26(33)20-32/h3-15,26,28,30,33H,16-21H2,1-2H3/t26-,28+/m0/s1. The Bertz CT molecular complexity index is 1280. The Kier molecular flexibility index (Phi) is 8.76. The van der Waals surface area contributed by atoms with Crippen LogP contribution >= 0.6 is 0 Å². The highest BCUT2D eigenvalue weighted by Gasteiger charge is 2.28. The van der Waals surface area contributed by atoms with Gasteiger partial charge in [-0.15, -0.1) is 0 Å². The van der Waals surface area contributed by atoms with Gasteiger partial charge in [0.05, 0.1) is 23.5 Å². The van der Waals surface area contributed by atoms with Gasteiger partial charge in [0.25, 0.3) is 0 Å². The van der Waals surface area contributed by atoms with Crippen LogP contribution in [0.5, 0.6) is 0 Å². The third-order valence-electron chi connectivity index (χ3n) is 6.90. The molecule has 2 N–H and O–H groups in total. The maximum absolute atomic E-state index is 13.3. The average Bonchev–Trinajstić information content (AvgIpc) is 3.32. The number of nitrogens with one attached hydrogen (secondary N) is 1. The van der Waals surface area contributed by atoms with Crippen molar-refractivity contribution >= 4 is 15.9 Å². The molecule has 196 valence electrons. The van der Waals surface area contributed by atoms with E-state index >= 15 is 0 Å². The molecular formula is C29H35N3O4S. The molecule has 0 aliphatic carbocycles. The fourth-order valence-corrected chi connectivity index (χ4v) is 5.59. The van der Waals surface area contributed by atoms with Gasteiger partial charge < -0.3 is 10.0 Å². The van der Waals surface area contributed by atoms with E-state index in [0.717, 1.165) is 35.2 Å². The van der Waals surface area contributed by atoms with Crippen molar-refractivity contribution in [3.63, 3.8) is 0 Å². The number of aliphatic hydroxyl groups excluding tert-OH is 1. The van der Waals surface area contributed by atoms with E-state index in [-0.39, 0.29) is 35.9 Å². The van der Waals surface area contributed by atoms with Gasteiger partial charge in [-0.1, -0.05) is 72.3 Å². The summed E-state index contributed by atoms with van der Waals surface area (Å²) >= 11 is 0. The summed E-state index contributed by atoms with van der Waals surface area (Å²) in [6.45, 7) is 4.20. The highest BCUT2D eigenvalue weighted by atomic mass is 32.2. The van der Waals surface area contributed by atoms with Gasteiger partial charge in [0.15, 0.2) is 0 Å². The number of rotatable bonds is 10. The highest BCUT2D eigenvalue weighted by molar-refractivity contribution is 7.89. The summed E-state index contributed by atoms with van der Waals surface area (Å²) in [5.74, 6) is 0.00132. The lowest BCUT2D eigenvalue weighted by molar-refractivity contribution is -0.131. The third-order valence-corrected chi connectivity index (χ3v) is 8.32. The van der Waals surface area contributed by atoms with E-state index in [4.69, 9.17) is 0 Å². The molecule has 1 heterocycles. The number of likely N-dealkylation sites (N-methyl/N-ethyl adjacent to an activating group) is 1. The van der Waals surface area contributed by atoms with E-state index in [1.807, 2.05) is 68.6 Å². The van der Waals surface area contributed by atoms with Gasteiger partial charge >= 0.3 is 0 Å². The fourth-order valence-electron chi connectivity index (χ4n) is 4.58. The predicted octanol–water partition coefficient (Wildman–Crippen LogP) is 3.28. The van der Waals surface area contributed by atoms with Crippen molar-refractivity contribution in [2.75, 3.05) is 26.7 Å². The molecule has 4 rings (SSSR count). The molecule has 37 heavy (non-hydrogen) atoms. The van der Waals surface area contributed by atoms with Gasteiger partial charge in [-0.2, -0.15) is 0 Å². The summed E-state index contributed by atoms with van der Waals surface area (Å²) in [4.78, 5) is 17.5. The molecule has 3 aromatic rings. The molecule has 0 aromatic heterocycles. The van der Waals surface area contributed by atoms with E-state index in [1.165, 1.54) is 0 Å². The zero-order valence-electron chi connectivity index (χ0n) is 21.4. The Morgan fingerprint density at radius 3 is 2.30 bits per heavy atom. The second kappa shape index (κ2) is 12.0. The van der Waals surface area contributed by atoms with E-state index in [9.17, 15) is 18.3 Å². The lowest BCUT2D eigenvalue weighted by Gasteiger charge is -2.32. The number of benzene rings is 3. The minimum atomic E-state index is -3.60. The van der Waals surface area contributed by atoms with Crippen LogP contribution < -0.4 is 4.72 Å². The maximum Gasteiger partial charge on any atom is 0.240 e. The lowest BCUT2D eigenvalue weighted by atomic mass is 10.0. The normalized spacial score (nSPS) is 17.0.